The SMILES string of the molecule is COc1ccc(C2=NN(C(=O)CSc3nnc(CNC(=O)c4ccco4)n3-c3ccc(F)cc3)[C@H](c3cccc(OC)c3OC)C2)cc1. The molecule has 1 N–H and O–H groups in total. The Morgan fingerprint density at radius 2 is 1.75 bits per heavy atom. The number of ether oxygens (including phenoxy) is 3. The Labute approximate surface area is 279 Å². The predicted molar refractivity (Wildman–Crippen MR) is 175 cm³/mol. The van der Waals surface area contributed by atoms with E-state index in [0.717, 1.165) is 28.6 Å². The molecule has 2 amide bonds. The van der Waals surface area contributed by atoms with Crippen LogP contribution in [-0.2, 0) is 11.3 Å². The van der Waals surface area contributed by atoms with Crippen molar-refractivity contribution in [2.45, 2.75) is 24.2 Å². The number of furan rings is 1. The Morgan fingerprint density at radius 1 is 0.958 bits per heavy atom. The van der Waals surface area contributed by atoms with Crippen molar-refractivity contribution in [3.63, 3.8) is 0 Å². The fourth-order valence-corrected chi connectivity index (χ4v) is 6.14. The molecule has 0 bridgehead atoms. The summed E-state index contributed by atoms with van der Waals surface area (Å²) < 4.78 is 37.3. The summed E-state index contributed by atoms with van der Waals surface area (Å²) in [6.07, 6.45) is 1.83. The van der Waals surface area contributed by atoms with Crippen molar-refractivity contribution in [3.05, 3.63) is 114 Å². The van der Waals surface area contributed by atoms with Gasteiger partial charge in [-0.3, -0.25) is 14.2 Å². The van der Waals surface area contributed by atoms with Crippen LogP contribution in [0, 0.1) is 5.82 Å². The summed E-state index contributed by atoms with van der Waals surface area (Å²) >= 11 is 1.14. The van der Waals surface area contributed by atoms with E-state index in [1.54, 1.807) is 56.2 Å². The molecule has 1 aliphatic heterocycles. The van der Waals surface area contributed by atoms with Gasteiger partial charge in [-0.2, -0.15) is 5.10 Å². The van der Waals surface area contributed by atoms with Crippen molar-refractivity contribution in [1.29, 1.82) is 0 Å². The zero-order chi connectivity index (χ0) is 33.6. The minimum atomic E-state index is -0.484. The van der Waals surface area contributed by atoms with Gasteiger partial charge >= 0.3 is 0 Å². The molecule has 0 radical (unpaired) electrons. The van der Waals surface area contributed by atoms with Crippen LogP contribution in [-0.4, -0.2) is 64.4 Å². The van der Waals surface area contributed by atoms with Gasteiger partial charge < -0.3 is 23.9 Å². The van der Waals surface area contributed by atoms with Gasteiger partial charge in [0.1, 0.15) is 11.6 Å². The van der Waals surface area contributed by atoms with Gasteiger partial charge in [-0.1, -0.05) is 23.9 Å². The molecule has 0 saturated heterocycles. The third kappa shape index (κ3) is 6.74. The molecular formula is C34H31FN6O6S. The average molecular weight is 671 g/mol. The van der Waals surface area contributed by atoms with Crippen LogP contribution in [0.15, 0.2) is 99.8 Å². The summed E-state index contributed by atoms with van der Waals surface area (Å²) in [4.78, 5) is 26.5. The lowest BCUT2D eigenvalue weighted by Gasteiger charge is -2.24. The summed E-state index contributed by atoms with van der Waals surface area (Å²) in [5, 5.41) is 18.0. The van der Waals surface area contributed by atoms with E-state index in [4.69, 9.17) is 23.7 Å². The maximum Gasteiger partial charge on any atom is 0.287 e. The number of aromatic nitrogens is 3. The summed E-state index contributed by atoms with van der Waals surface area (Å²) in [6, 6.07) is 21.4. The zero-order valence-electron chi connectivity index (χ0n) is 26.3. The first-order valence-electron chi connectivity index (χ1n) is 14.8. The Hall–Kier alpha value is -5.63. The first-order valence-corrected chi connectivity index (χ1v) is 15.8. The summed E-state index contributed by atoms with van der Waals surface area (Å²) in [7, 11) is 4.71. The smallest absolute Gasteiger partial charge is 0.287 e. The average Bonchev–Trinajstić information content (AvgIpc) is 3.90. The second-order valence-electron chi connectivity index (χ2n) is 10.5. The van der Waals surface area contributed by atoms with Crippen molar-refractivity contribution in [1.82, 2.24) is 25.1 Å². The van der Waals surface area contributed by atoms with Gasteiger partial charge in [-0.15, -0.1) is 10.2 Å². The monoisotopic (exact) mass is 670 g/mol. The highest BCUT2D eigenvalue weighted by atomic mass is 32.2. The number of para-hydroxylation sites is 1. The number of hydrogen-bond donors (Lipinski definition) is 1. The van der Waals surface area contributed by atoms with Gasteiger partial charge in [-0.05, 0) is 72.3 Å². The van der Waals surface area contributed by atoms with E-state index < -0.39 is 17.8 Å². The highest BCUT2D eigenvalue weighted by molar-refractivity contribution is 7.99. The summed E-state index contributed by atoms with van der Waals surface area (Å²) in [6.45, 7) is -0.00222. The number of halogens is 1. The summed E-state index contributed by atoms with van der Waals surface area (Å²) in [5.74, 6) is 1.08. The van der Waals surface area contributed by atoms with E-state index in [9.17, 15) is 14.0 Å². The summed E-state index contributed by atoms with van der Waals surface area (Å²) in [5.41, 5.74) is 2.86. The fraction of sp³-hybridized carbons (Fsp3) is 0.206. The number of hydrazone groups is 1. The lowest BCUT2D eigenvalue weighted by molar-refractivity contribution is -0.130. The van der Waals surface area contributed by atoms with Gasteiger partial charge in [-0.25, -0.2) is 9.40 Å². The Kier molecular flexibility index (Phi) is 9.71. The van der Waals surface area contributed by atoms with Crippen LogP contribution in [0.3, 0.4) is 0 Å². The second kappa shape index (κ2) is 14.4. The highest BCUT2D eigenvalue weighted by Gasteiger charge is 2.36. The number of rotatable bonds is 12. The quantitative estimate of drug-likeness (QED) is 0.173. The molecule has 0 unspecified atom stereocenters. The van der Waals surface area contributed by atoms with Crippen molar-refractivity contribution >= 4 is 29.3 Å². The molecule has 0 aliphatic carbocycles. The van der Waals surface area contributed by atoms with Crippen molar-refractivity contribution in [3.8, 4) is 22.9 Å². The lowest BCUT2D eigenvalue weighted by atomic mass is 9.97. The van der Waals surface area contributed by atoms with Crippen molar-refractivity contribution < 1.29 is 32.6 Å². The number of nitrogens with zero attached hydrogens (tertiary/aromatic N) is 5. The normalized spacial score (nSPS) is 14.0. The number of benzene rings is 3. The third-order valence-corrected chi connectivity index (χ3v) is 8.56. The van der Waals surface area contributed by atoms with Crippen LogP contribution in [0.2, 0.25) is 0 Å². The maximum atomic E-state index is 14.0. The standard InChI is InChI=1S/C34H31FN6O6S/c1-44-24-15-9-21(10-16-24)26-18-27(25-6-4-7-28(45-2)32(25)46-3)41(39-26)31(42)20-48-34-38-37-30(19-36-33(43)29-8-5-17-47-29)40(34)23-13-11-22(35)12-14-23/h4-17,27H,18-20H2,1-3H3,(H,36,43)/t27-/m0/s1. The Morgan fingerprint density at radius 3 is 2.44 bits per heavy atom. The molecule has 48 heavy (non-hydrogen) atoms. The predicted octanol–water partition coefficient (Wildman–Crippen LogP) is 5.43. The first kappa shape index (κ1) is 32.3. The van der Waals surface area contributed by atoms with E-state index in [2.05, 4.69) is 15.5 Å². The van der Waals surface area contributed by atoms with Crippen LogP contribution >= 0.6 is 11.8 Å². The van der Waals surface area contributed by atoms with Crippen LogP contribution in [0.5, 0.6) is 17.2 Å². The molecular weight excluding hydrogens is 639 g/mol. The second-order valence-corrected chi connectivity index (χ2v) is 11.4. The zero-order valence-corrected chi connectivity index (χ0v) is 27.1. The molecule has 6 rings (SSSR count). The molecule has 12 nitrogen and oxygen atoms in total. The Balaban J connectivity index is 1.28. The number of nitrogens with one attached hydrogen (secondary N) is 1. The third-order valence-electron chi connectivity index (χ3n) is 7.64. The van der Waals surface area contributed by atoms with E-state index in [-0.39, 0.29) is 24.0 Å². The maximum absolute atomic E-state index is 14.0. The molecule has 3 heterocycles. The number of carbonyl (C=O) groups excluding carboxylic acids is 2. The van der Waals surface area contributed by atoms with Gasteiger partial charge in [0.2, 0.25) is 0 Å². The van der Waals surface area contributed by atoms with E-state index >= 15 is 0 Å². The molecule has 5 aromatic rings. The Bertz CT molecular complexity index is 1930. The highest BCUT2D eigenvalue weighted by Crippen LogP contribution is 2.42. The molecule has 1 atom stereocenters. The molecule has 246 valence electrons. The lowest BCUT2D eigenvalue weighted by Crippen LogP contribution is -2.29. The van der Waals surface area contributed by atoms with Crippen LogP contribution < -0.4 is 19.5 Å². The van der Waals surface area contributed by atoms with Gasteiger partial charge in [0.05, 0.1) is 51.6 Å². The minimum absolute atomic E-state index is 0.00222. The van der Waals surface area contributed by atoms with E-state index in [0.29, 0.717) is 40.3 Å². The molecule has 14 heteroatoms. The number of carbonyl (C=O) groups is 2. The van der Waals surface area contributed by atoms with Crippen molar-refractivity contribution in [2.24, 2.45) is 5.10 Å². The van der Waals surface area contributed by atoms with E-state index in [1.807, 2.05) is 36.4 Å². The van der Waals surface area contributed by atoms with E-state index in [1.165, 1.54) is 23.4 Å². The molecule has 0 spiro atoms. The van der Waals surface area contributed by atoms with Crippen LogP contribution in [0.25, 0.3) is 5.69 Å². The molecule has 1 aliphatic rings. The van der Waals surface area contributed by atoms with Gasteiger partial charge in [0.25, 0.3) is 11.8 Å². The number of thioether (sulfide) groups is 1. The minimum Gasteiger partial charge on any atom is -0.497 e. The number of hydrogen-bond acceptors (Lipinski definition) is 10. The van der Waals surface area contributed by atoms with Gasteiger partial charge in [0.15, 0.2) is 28.2 Å². The van der Waals surface area contributed by atoms with Gasteiger partial charge in [0, 0.05) is 17.7 Å². The number of methoxy groups -OCH3 is 3. The molecule has 3 aromatic carbocycles. The largest absolute Gasteiger partial charge is 0.497 e. The molecule has 2 aromatic heterocycles. The first-order chi connectivity index (χ1) is 23.4. The van der Waals surface area contributed by atoms with Crippen LogP contribution in [0.1, 0.15) is 40.0 Å². The van der Waals surface area contributed by atoms with Crippen molar-refractivity contribution in [2.75, 3.05) is 27.1 Å². The topological polar surface area (TPSA) is 133 Å². The van der Waals surface area contributed by atoms with Crippen LogP contribution in [0.4, 0.5) is 4.39 Å². The fourth-order valence-electron chi connectivity index (χ4n) is 5.32. The number of amides is 2. The molecule has 0 saturated carbocycles. The molecule has 0 fully saturated rings.